The lowest BCUT2D eigenvalue weighted by molar-refractivity contribution is 0.386. The van der Waals surface area contributed by atoms with Gasteiger partial charge in [-0.2, -0.15) is 0 Å². The predicted molar refractivity (Wildman–Crippen MR) is 133 cm³/mol. The molecule has 0 fully saturated rings. The van der Waals surface area contributed by atoms with Gasteiger partial charge in [-0.05, 0) is 87.5 Å². The van der Waals surface area contributed by atoms with E-state index in [-0.39, 0.29) is 23.2 Å². The molecule has 0 N–H and O–H groups in total. The topological polar surface area (TPSA) is 0 Å². The number of fused-ring (bicyclic) bond motifs is 9. The van der Waals surface area contributed by atoms with Crippen LogP contribution in [0.4, 0.5) is 0 Å². The fourth-order valence-corrected chi connectivity index (χ4v) is 7.63. The molecule has 0 aliphatic heterocycles. The SMILES string of the molecule is Clc1ccc(C23C4c5cc(Cl)ccc5[C@@H]2c2cc(Cl)ccc2[C@@H]3c2cc(Cl)ccc24)cc1. The van der Waals surface area contributed by atoms with Crippen LogP contribution in [0.5, 0.6) is 0 Å². The van der Waals surface area contributed by atoms with Crippen LogP contribution in [-0.2, 0) is 5.41 Å². The molecule has 0 radical (unpaired) electrons. The first-order chi connectivity index (χ1) is 15.5. The highest BCUT2D eigenvalue weighted by atomic mass is 35.5. The largest absolute Gasteiger partial charge is 0.0843 e. The van der Waals surface area contributed by atoms with Crippen LogP contribution in [0, 0.1) is 0 Å². The van der Waals surface area contributed by atoms with Crippen molar-refractivity contribution >= 4 is 46.4 Å². The molecular weight excluding hydrogens is 478 g/mol. The van der Waals surface area contributed by atoms with E-state index in [0.29, 0.717) is 0 Å². The summed E-state index contributed by atoms with van der Waals surface area (Å²) in [6.45, 7) is 0. The lowest BCUT2D eigenvalue weighted by Crippen LogP contribution is -2.33. The van der Waals surface area contributed by atoms with Gasteiger partial charge >= 0.3 is 0 Å². The van der Waals surface area contributed by atoms with Crippen LogP contribution < -0.4 is 0 Å². The van der Waals surface area contributed by atoms with Gasteiger partial charge in [0.25, 0.3) is 0 Å². The summed E-state index contributed by atoms with van der Waals surface area (Å²) in [5.41, 5.74) is 8.98. The van der Waals surface area contributed by atoms with Gasteiger partial charge in [0.2, 0.25) is 0 Å². The van der Waals surface area contributed by atoms with Crippen molar-refractivity contribution in [2.24, 2.45) is 0 Å². The third-order valence-electron chi connectivity index (χ3n) is 7.79. The molecule has 2 unspecified atom stereocenters. The molecule has 0 bridgehead atoms. The predicted octanol–water partition coefficient (Wildman–Crippen LogP) is 8.97. The minimum atomic E-state index is -0.211. The zero-order chi connectivity index (χ0) is 21.8. The molecule has 4 aromatic rings. The van der Waals surface area contributed by atoms with Crippen LogP contribution in [0.3, 0.4) is 0 Å². The van der Waals surface area contributed by atoms with Gasteiger partial charge in [0.15, 0.2) is 0 Å². The van der Waals surface area contributed by atoms with Gasteiger partial charge < -0.3 is 0 Å². The Hall–Kier alpha value is -1.96. The Morgan fingerprint density at radius 3 is 1.12 bits per heavy atom. The zero-order valence-corrected chi connectivity index (χ0v) is 19.8. The highest BCUT2D eigenvalue weighted by Crippen LogP contribution is 2.76. The summed E-state index contributed by atoms with van der Waals surface area (Å²) in [5.74, 6) is 0.516. The third kappa shape index (κ3) is 2.27. The molecule has 0 saturated heterocycles. The minimum Gasteiger partial charge on any atom is -0.0843 e. The van der Waals surface area contributed by atoms with Gasteiger partial charge in [-0.1, -0.05) is 76.7 Å². The van der Waals surface area contributed by atoms with E-state index >= 15 is 0 Å². The van der Waals surface area contributed by atoms with Crippen molar-refractivity contribution in [2.45, 2.75) is 23.2 Å². The molecular formula is C28H16Cl4. The molecule has 0 amide bonds. The van der Waals surface area contributed by atoms with Gasteiger partial charge in [0, 0.05) is 43.3 Å². The zero-order valence-electron chi connectivity index (χ0n) is 16.7. The molecule has 156 valence electrons. The average Bonchev–Trinajstić information content (AvgIpc) is 3.33. The standard InChI is InChI=1S/C28H16Cl4/c29-15-3-1-14(2-4-15)28-25-19-8-5-16(30)11-22(19)26(28)21-10-7-18(32)13-24(21)27(28)20-9-6-17(31)12-23(20)25/h1-13,25-27H/t25-,26-,27?,28?/m1/s1. The van der Waals surface area contributed by atoms with Crippen molar-refractivity contribution in [2.75, 3.05) is 0 Å². The normalized spacial score (nSPS) is 25.9. The van der Waals surface area contributed by atoms with E-state index in [4.69, 9.17) is 46.4 Å². The summed E-state index contributed by atoms with van der Waals surface area (Å²) < 4.78 is 0. The van der Waals surface area contributed by atoms with Gasteiger partial charge in [-0.25, -0.2) is 0 Å². The maximum Gasteiger partial charge on any atom is 0.0409 e. The van der Waals surface area contributed by atoms with E-state index in [9.17, 15) is 0 Å². The lowest BCUT2D eigenvalue weighted by atomic mass is 9.64. The number of benzene rings is 4. The van der Waals surface area contributed by atoms with Crippen LogP contribution >= 0.6 is 46.4 Å². The first-order valence-electron chi connectivity index (χ1n) is 10.6. The summed E-state index contributed by atoms with van der Waals surface area (Å²) in [7, 11) is 0. The fourth-order valence-electron chi connectivity index (χ4n) is 6.96. The van der Waals surface area contributed by atoms with Gasteiger partial charge in [0.1, 0.15) is 0 Å². The monoisotopic (exact) mass is 492 g/mol. The number of rotatable bonds is 1. The molecule has 3 aliphatic carbocycles. The van der Waals surface area contributed by atoms with E-state index in [2.05, 4.69) is 48.5 Å². The lowest BCUT2D eigenvalue weighted by Gasteiger charge is -2.37. The van der Waals surface area contributed by atoms with E-state index in [1.165, 1.54) is 38.9 Å². The molecule has 3 aliphatic rings. The van der Waals surface area contributed by atoms with Crippen molar-refractivity contribution in [3.63, 3.8) is 0 Å². The van der Waals surface area contributed by atoms with Crippen molar-refractivity contribution in [1.29, 1.82) is 0 Å². The van der Waals surface area contributed by atoms with Crippen LogP contribution in [0.15, 0.2) is 78.9 Å². The maximum atomic E-state index is 6.55. The number of hydrogen-bond donors (Lipinski definition) is 0. The van der Waals surface area contributed by atoms with Gasteiger partial charge in [-0.15, -0.1) is 0 Å². The van der Waals surface area contributed by atoms with E-state index in [1.807, 2.05) is 30.3 Å². The molecule has 0 heterocycles. The second-order valence-corrected chi connectivity index (χ2v) is 10.8. The van der Waals surface area contributed by atoms with E-state index in [1.54, 1.807) is 0 Å². The molecule has 4 heteroatoms. The summed E-state index contributed by atoms with van der Waals surface area (Å²) in [5, 5.41) is 3.03. The second-order valence-electron chi connectivity index (χ2n) is 9.06. The first kappa shape index (κ1) is 19.5. The smallest absolute Gasteiger partial charge is 0.0409 e. The Morgan fingerprint density at radius 1 is 0.406 bits per heavy atom. The molecule has 7 rings (SSSR count). The molecule has 0 aromatic heterocycles. The maximum absolute atomic E-state index is 6.55. The molecule has 4 aromatic carbocycles. The average molecular weight is 494 g/mol. The van der Waals surface area contributed by atoms with E-state index < -0.39 is 0 Å². The molecule has 0 saturated carbocycles. The Morgan fingerprint density at radius 2 is 0.750 bits per heavy atom. The minimum absolute atomic E-state index is 0.172. The molecule has 0 nitrogen and oxygen atoms in total. The van der Waals surface area contributed by atoms with Crippen LogP contribution in [0.25, 0.3) is 0 Å². The fraction of sp³-hybridized carbons (Fsp3) is 0.143. The van der Waals surface area contributed by atoms with Crippen molar-refractivity contribution in [1.82, 2.24) is 0 Å². The molecule has 0 spiro atoms. The Kier molecular flexibility index (Phi) is 3.99. The van der Waals surface area contributed by atoms with Crippen LogP contribution in [0.1, 0.15) is 56.7 Å². The highest BCUT2D eigenvalue weighted by molar-refractivity contribution is 6.31. The molecule has 32 heavy (non-hydrogen) atoms. The van der Waals surface area contributed by atoms with Crippen molar-refractivity contribution < 1.29 is 0 Å². The molecule has 4 atom stereocenters. The Balaban J connectivity index is 1.67. The summed E-state index contributed by atoms with van der Waals surface area (Å²) in [6.07, 6.45) is 0. The summed E-state index contributed by atoms with van der Waals surface area (Å²) in [4.78, 5) is 0. The third-order valence-corrected chi connectivity index (χ3v) is 8.75. The van der Waals surface area contributed by atoms with Gasteiger partial charge in [-0.3, -0.25) is 0 Å². The Labute approximate surface area is 206 Å². The van der Waals surface area contributed by atoms with Crippen molar-refractivity contribution in [3.05, 3.63) is 138 Å². The van der Waals surface area contributed by atoms with Gasteiger partial charge in [0.05, 0.1) is 0 Å². The van der Waals surface area contributed by atoms with E-state index in [0.717, 1.165) is 20.1 Å². The van der Waals surface area contributed by atoms with Crippen LogP contribution in [0.2, 0.25) is 20.1 Å². The number of halogens is 4. The summed E-state index contributed by atoms with van der Waals surface area (Å²) in [6, 6.07) is 27.5. The van der Waals surface area contributed by atoms with Crippen LogP contribution in [-0.4, -0.2) is 0 Å². The highest BCUT2D eigenvalue weighted by Gasteiger charge is 2.67. The van der Waals surface area contributed by atoms with Crippen molar-refractivity contribution in [3.8, 4) is 0 Å². The number of hydrogen-bond acceptors (Lipinski definition) is 0. The second kappa shape index (κ2) is 6.55. The first-order valence-corrected chi connectivity index (χ1v) is 12.2. The Bertz CT molecular complexity index is 1300. The summed E-state index contributed by atoms with van der Waals surface area (Å²) >= 11 is 26.0. The quantitative estimate of drug-likeness (QED) is 0.248.